The number of nitrogens with zero attached hydrogens (tertiary/aromatic N) is 1. The molecule has 0 aliphatic heterocycles. The molecular weight excluding hydrogens is 218 g/mol. The van der Waals surface area contributed by atoms with Crippen molar-refractivity contribution < 1.29 is 0 Å². The summed E-state index contributed by atoms with van der Waals surface area (Å²) in [6.07, 6.45) is 0. The van der Waals surface area contributed by atoms with Gasteiger partial charge in [-0.15, -0.1) is 0 Å². The molecule has 2 aromatic carbocycles. The average Bonchev–Trinajstić information content (AvgIpc) is 2.42. The van der Waals surface area contributed by atoms with E-state index >= 15 is 0 Å². The Balaban J connectivity index is 0.000000771. The zero-order valence-corrected chi connectivity index (χ0v) is 12.1. The fraction of sp³-hybridized carbons (Fsp3) is 0.294. The van der Waals surface area contributed by atoms with Crippen molar-refractivity contribution in [2.75, 3.05) is 19.0 Å². The highest BCUT2D eigenvalue weighted by Gasteiger charge is 1.99. The molecule has 0 heterocycles. The van der Waals surface area contributed by atoms with Gasteiger partial charge >= 0.3 is 0 Å². The van der Waals surface area contributed by atoms with Gasteiger partial charge in [0.25, 0.3) is 0 Å². The van der Waals surface area contributed by atoms with Crippen LogP contribution in [0.25, 0.3) is 11.1 Å². The topological polar surface area (TPSA) is 3.24 Å². The first kappa shape index (κ1) is 14.3. The smallest absolute Gasteiger partial charge is 0.0367 e. The molecule has 0 unspecified atom stereocenters. The van der Waals surface area contributed by atoms with Crippen LogP contribution in [0.5, 0.6) is 0 Å². The minimum atomic E-state index is 1.23. The van der Waals surface area contributed by atoms with Crippen molar-refractivity contribution in [3.8, 4) is 11.1 Å². The Bertz CT molecular complexity index is 469. The van der Waals surface area contributed by atoms with Gasteiger partial charge in [-0.25, -0.2) is 0 Å². The maximum Gasteiger partial charge on any atom is 0.0367 e. The first-order valence-electron chi connectivity index (χ1n) is 6.51. The molecule has 1 heteroatoms. The van der Waals surface area contributed by atoms with Crippen LogP contribution in [0.15, 0.2) is 48.5 Å². The normalized spacial score (nSPS) is 9.39. The van der Waals surface area contributed by atoms with Gasteiger partial charge in [0, 0.05) is 19.8 Å². The summed E-state index contributed by atoms with van der Waals surface area (Å²) in [6, 6.07) is 17.2. The van der Waals surface area contributed by atoms with Gasteiger partial charge in [0.1, 0.15) is 0 Å². The number of rotatable bonds is 2. The van der Waals surface area contributed by atoms with Gasteiger partial charge in [-0.1, -0.05) is 55.8 Å². The van der Waals surface area contributed by atoms with Crippen LogP contribution >= 0.6 is 0 Å². The number of aryl methyl sites for hydroxylation is 1. The zero-order valence-electron chi connectivity index (χ0n) is 12.1. The summed E-state index contributed by atoms with van der Waals surface area (Å²) < 4.78 is 0. The Morgan fingerprint density at radius 1 is 0.778 bits per heavy atom. The van der Waals surface area contributed by atoms with Crippen LogP contribution in [0.3, 0.4) is 0 Å². The Hall–Kier alpha value is -1.76. The highest BCUT2D eigenvalue weighted by Crippen LogP contribution is 2.23. The molecule has 0 saturated carbocycles. The summed E-state index contributed by atoms with van der Waals surface area (Å²) in [5, 5.41) is 0. The van der Waals surface area contributed by atoms with Gasteiger partial charge in [0.05, 0.1) is 0 Å². The third-order valence-corrected chi connectivity index (χ3v) is 2.75. The largest absolute Gasteiger partial charge is 0.378 e. The van der Waals surface area contributed by atoms with Crippen molar-refractivity contribution in [1.29, 1.82) is 0 Å². The Morgan fingerprint density at radius 2 is 1.39 bits per heavy atom. The van der Waals surface area contributed by atoms with E-state index < -0.39 is 0 Å². The number of benzene rings is 2. The molecule has 18 heavy (non-hydrogen) atoms. The van der Waals surface area contributed by atoms with E-state index in [9.17, 15) is 0 Å². The van der Waals surface area contributed by atoms with E-state index in [1.807, 2.05) is 13.8 Å². The van der Waals surface area contributed by atoms with Crippen molar-refractivity contribution in [3.63, 3.8) is 0 Å². The minimum absolute atomic E-state index is 1.23. The van der Waals surface area contributed by atoms with E-state index in [-0.39, 0.29) is 0 Å². The summed E-state index contributed by atoms with van der Waals surface area (Å²) in [5.41, 5.74) is 5.08. The fourth-order valence-corrected chi connectivity index (χ4v) is 1.71. The molecule has 0 saturated heterocycles. The SMILES string of the molecule is CC.Cc1ccc(-c2cccc(N(C)C)c2)cc1. The van der Waals surface area contributed by atoms with Crippen LogP contribution in [0.1, 0.15) is 19.4 Å². The lowest BCUT2D eigenvalue weighted by Crippen LogP contribution is -2.08. The number of anilines is 1. The van der Waals surface area contributed by atoms with Crippen LogP contribution in [0.2, 0.25) is 0 Å². The molecule has 0 fully saturated rings. The van der Waals surface area contributed by atoms with Gasteiger partial charge in [-0.2, -0.15) is 0 Å². The first-order valence-corrected chi connectivity index (χ1v) is 6.51. The summed E-state index contributed by atoms with van der Waals surface area (Å²) in [5.74, 6) is 0. The third kappa shape index (κ3) is 3.63. The maximum atomic E-state index is 2.21. The van der Waals surface area contributed by atoms with Gasteiger partial charge in [-0.3, -0.25) is 0 Å². The third-order valence-electron chi connectivity index (χ3n) is 2.75. The first-order chi connectivity index (χ1) is 8.66. The number of hydrogen-bond donors (Lipinski definition) is 0. The molecule has 0 bridgehead atoms. The predicted octanol–water partition coefficient (Wildman–Crippen LogP) is 4.75. The highest BCUT2D eigenvalue weighted by molar-refractivity contribution is 5.68. The van der Waals surface area contributed by atoms with E-state index in [0.717, 1.165) is 0 Å². The second-order valence-corrected chi connectivity index (χ2v) is 4.31. The Morgan fingerprint density at radius 3 is 1.94 bits per heavy atom. The van der Waals surface area contributed by atoms with Gasteiger partial charge in [0.15, 0.2) is 0 Å². The molecule has 1 nitrogen and oxygen atoms in total. The molecule has 0 atom stereocenters. The maximum absolute atomic E-state index is 2.21. The van der Waals surface area contributed by atoms with Crippen LogP contribution in [0, 0.1) is 6.92 Å². The molecule has 2 rings (SSSR count). The lowest BCUT2D eigenvalue weighted by atomic mass is 10.0. The Labute approximate surface area is 111 Å². The second kappa shape index (κ2) is 6.85. The number of hydrogen-bond acceptors (Lipinski definition) is 1. The predicted molar refractivity (Wildman–Crippen MR) is 82.3 cm³/mol. The average molecular weight is 241 g/mol. The molecule has 0 aromatic heterocycles. The van der Waals surface area contributed by atoms with Crippen LogP contribution in [-0.2, 0) is 0 Å². The van der Waals surface area contributed by atoms with E-state index in [1.165, 1.54) is 22.4 Å². The minimum Gasteiger partial charge on any atom is -0.378 e. The van der Waals surface area contributed by atoms with Crippen LogP contribution in [0.4, 0.5) is 5.69 Å². The van der Waals surface area contributed by atoms with E-state index in [1.54, 1.807) is 0 Å². The lowest BCUT2D eigenvalue weighted by Gasteiger charge is -2.13. The molecule has 0 aliphatic carbocycles. The standard InChI is InChI=1S/C15H17N.C2H6/c1-12-7-9-13(10-8-12)14-5-4-6-15(11-14)16(2)3;1-2/h4-11H,1-3H3;1-2H3. The molecule has 96 valence electrons. The molecule has 2 aromatic rings. The van der Waals surface area contributed by atoms with E-state index in [4.69, 9.17) is 0 Å². The molecule has 0 N–H and O–H groups in total. The second-order valence-electron chi connectivity index (χ2n) is 4.31. The molecule has 0 aliphatic rings. The highest BCUT2D eigenvalue weighted by atomic mass is 15.1. The summed E-state index contributed by atoms with van der Waals surface area (Å²) in [6.45, 7) is 6.11. The molecule has 0 spiro atoms. The monoisotopic (exact) mass is 241 g/mol. The molecular formula is C17H23N. The quantitative estimate of drug-likeness (QED) is 0.733. The van der Waals surface area contributed by atoms with Crippen LogP contribution in [-0.4, -0.2) is 14.1 Å². The Kier molecular flexibility index (Phi) is 5.44. The van der Waals surface area contributed by atoms with Gasteiger partial charge < -0.3 is 4.90 Å². The van der Waals surface area contributed by atoms with Crippen molar-refractivity contribution >= 4 is 5.69 Å². The van der Waals surface area contributed by atoms with Crippen molar-refractivity contribution in [2.45, 2.75) is 20.8 Å². The van der Waals surface area contributed by atoms with E-state index in [0.29, 0.717) is 0 Å². The van der Waals surface area contributed by atoms with Gasteiger partial charge in [0.2, 0.25) is 0 Å². The van der Waals surface area contributed by atoms with E-state index in [2.05, 4.69) is 74.4 Å². The molecule has 0 radical (unpaired) electrons. The zero-order chi connectivity index (χ0) is 13.5. The van der Waals surface area contributed by atoms with Gasteiger partial charge in [-0.05, 0) is 30.2 Å². The molecule has 0 amide bonds. The van der Waals surface area contributed by atoms with Crippen molar-refractivity contribution in [2.24, 2.45) is 0 Å². The van der Waals surface area contributed by atoms with Crippen LogP contribution < -0.4 is 4.90 Å². The summed E-state index contributed by atoms with van der Waals surface area (Å²) >= 11 is 0. The summed E-state index contributed by atoms with van der Waals surface area (Å²) in [7, 11) is 4.13. The fourth-order valence-electron chi connectivity index (χ4n) is 1.71. The summed E-state index contributed by atoms with van der Waals surface area (Å²) in [4.78, 5) is 2.12. The van der Waals surface area contributed by atoms with Crippen molar-refractivity contribution in [3.05, 3.63) is 54.1 Å². The lowest BCUT2D eigenvalue weighted by molar-refractivity contribution is 1.13. The van der Waals surface area contributed by atoms with Crippen molar-refractivity contribution in [1.82, 2.24) is 0 Å².